The second-order valence-electron chi connectivity index (χ2n) is 18.4. The highest BCUT2D eigenvalue weighted by atomic mass is 16.6. The quantitative estimate of drug-likeness (QED) is 0.0468. The van der Waals surface area contributed by atoms with Crippen molar-refractivity contribution in [2.75, 3.05) is 57.0 Å². The highest BCUT2D eigenvalue weighted by Gasteiger charge is 2.27. The van der Waals surface area contributed by atoms with E-state index in [1.807, 2.05) is 18.7 Å². The number of methoxy groups -OCH3 is 1. The van der Waals surface area contributed by atoms with Gasteiger partial charge < -0.3 is 57.3 Å². The molecule has 23 nitrogen and oxygen atoms in total. The molecule has 0 saturated heterocycles. The van der Waals surface area contributed by atoms with Gasteiger partial charge >= 0.3 is 12.1 Å². The van der Waals surface area contributed by atoms with Crippen molar-refractivity contribution in [1.82, 2.24) is 35.6 Å². The molecule has 0 saturated carbocycles. The topological polar surface area (TPSA) is 319 Å². The largest absolute Gasteiger partial charge is 0.496 e. The fourth-order valence-electron chi connectivity index (χ4n) is 8.65. The van der Waals surface area contributed by atoms with E-state index in [9.17, 15) is 43.2 Å². The van der Waals surface area contributed by atoms with Crippen LogP contribution in [0.15, 0.2) is 71.4 Å². The van der Waals surface area contributed by atoms with Gasteiger partial charge in [-0.2, -0.15) is 0 Å². The zero-order valence-corrected chi connectivity index (χ0v) is 43.0. The number of nitrogens with zero attached hydrogens (tertiary/aromatic N) is 5. The number of carbonyl (C=O) groups is 9. The van der Waals surface area contributed by atoms with Crippen LogP contribution < -0.4 is 42.8 Å². The molecule has 1 atom stereocenters. The van der Waals surface area contributed by atoms with E-state index in [1.54, 1.807) is 54.7 Å². The number of pyridine rings is 1. The minimum atomic E-state index is -1.04. The van der Waals surface area contributed by atoms with Crippen molar-refractivity contribution in [3.63, 3.8) is 0 Å². The predicted octanol–water partition coefficient (Wildman–Crippen LogP) is 3.94. The number of hydrogen-bond acceptors (Lipinski definition) is 14. The first-order valence-electron chi connectivity index (χ1n) is 25.3. The number of amides is 10. The fraction of sp³-hybridized carbons (Fsp3) is 0.415. The average Bonchev–Trinajstić information content (AvgIpc) is 3.62. The van der Waals surface area contributed by atoms with Gasteiger partial charge in [0.15, 0.2) is 0 Å². The first-order valence-corrected chi connectivity index (χ1v) is 25.3. The average molecular weight is 1050 g/mol. The van der Waals surface area contributed by atoms with E-state index in [1.165, 1.54) is 24.2 Å². The Hall–Kier alpha value is -8.63. The van der Waals surface area contributed by atoms with Crippen molar-refractivity contribution < 1.29 is 52.6 Å². The molecule has 1 unspecified atom stereocenters. The number of nitrogens with two attached hydrogens (primary N) is 2. The number of fused-ring (bicyclic) bond motifs is 2. The second kappa shape index (κ2) is 27.6. The van der Waals surface area contributed by atoms with Crippen LogP contribution in [0.4, 0.5) is 26.7 Å². The summed E-state index contributed by atoms with van der Waals surface area (Å²) in [4.78, 5) is 128. The smallest absolute Gasteiger partial charge is 0.410 e. The van der Waals surface area contributed by atoms with Crippen LogP contribution in [0.1, 0.15) is 104 Å². The molecule has 3 aliphatic rings. The molecule has 6 rings (SSSR count). The van der Waals surface area contributed by atoms with Crippen molar-refractivity contribution in [1.29, 1.82) is 0 Å². The lowest BCUT2D eigenvalue weighted by Crippen LogP contribution is -2.47. The van der Waals surface area contributed by atoms with Crippen LogP contribution >= 0.6 is 0 Å². The highest BCUT2D eigenvalue weighted by molar-refractivity contribution is 6.13. The van der Waals surface area contributed by atoms with E-state index in [0.29, 0.717) is 91.1 Å². The van der Waals surface area contributed by atoms with Crippen LogP contribution in [0, 0.1) is 0 Å². The van der Waals surface area contributed by atoms with Crippen molar-refractivity contribution in [2.24, 2.45) is 16.5 Å². The van der Waals surface area contributed by atoms with Gasteiger partial charge in [0, 0.05) is 86.7 Å². The third-order valence-electron chi connectivity index (χ3n) is 12.5. The van der Waals surface area contributed by atoms with Gasteiger partial charge in [0.25, 0.3) is 17.7 Å². The Kier molecular flexibility index (Phi) is 20.6. The lowest BCUT2D eigenvalue weighted by Gasteiger charge is -2.28. The number of hydrogen-bond donors (Lipinski definition) is 7. The van der Waals surface area contributed by atoms with E-state index in [2.05, 4.69) is 36.6 Å². The number of carbonyl (C=O) groups excluding carboxylic acids is 9. The Morgan fingerprint density at radius 3 is 2.30 bits per heavy atom. The van der Waals surface area contributed by atoms with Crippen LogP contribution in [-0.4, -0.2) is 131 Å². The maximum atomic E-state index is 13.8. The third kappa shape index (κ3) is 16.2. The summed E-state index contributed by atoms with van der Waals surface area (Å²) >= 11 is 0. The van der Waals surface area contributed by atoms with Gasteiger partial charge in [0.05, 0.1) is 43.3 Å². The van der Waals surface area contributed by atoms with Crippen LogP contribution in [0.3, 0.4) is 0 Å². The van der Waals surface area contributed by atoms with Crippen molar-refractivity contribution in [3.8, 4) is 5.75 Å². The first-order chi connectivity index (χ1) is 36.5. The van der Waals surface area contributed by atoms with E-state index in [-0.39, 0.29) is 92.8 Å². The molecule has 3 aromatic rings. The minimum absolute atomic E-state index is 0.0811. The summed E-state index contributed by atoms with van der Waals surface area (Å²) in [6.45, 7) is 5.72. The highest BCUT2D eigenvalue weighted by Crippen LogP contribution is 2.34. The zero-order valence-electron chi connectivity index (χ0n) is 43.0. The minimum Gasteiger partial charge on any atom is -0.496 e. The lowest BCUT2D eigenvalue weighted by molar-refractivity contribution is -0.137. The number of unbranched alkanes of at least 4 members (excludes halogenated alkanes) is 2. The summed E-state index contributed by atoms with van der Waals surface area (Å²) in [5, 5.41) is 13.3. The van der Waals surface area contributed by atoms with E-state index >= 15 is 0 Å². The molecule has 4 heterocycles. The number of ether oxygens (including phenoxy) is 2. The third-order valence-corrected chi connectivity index (χ3v) is 12.5. The molecule has 10 amide bonds. The molecule has 2 aromatic carbocycles. The van der Waals surface area contributed by atoms with Crippen LogP contribution in [0.25, 0.3) is 6.08 Å². The van der Waals surface area contributed by atoms with Crippen molar-refractivity contribution in [2.45, 2.75) is 97.2 Å². The SMILES string of the molecule is CCCN(CCC)C(=O)C1=Cc2cc(OC)c(C(=O)Nc3cnc4c(c3)CN(C(=O)OCc3ccc(NC(=O)C(CCCNC(N)=O)NC(=O)CNC(=O)CCCCCN5C(=O)C=CC5=O)cc3)CC4)cc2N=C(N)C1. The number of aliphatic imine (C=N–C) groups is 1. The van der Waals surface area contributed by atoms with E-state index in [4.69, 9.17) is 20.9 Å². The molecule has 0 fully saturated rings. The normalized spacial score (nSPS) is 14.0. The molecular weight excluding hydrogens is 981 g/mol. The van der Waals surface area contributed by atoms with E-state index in [0.717, 1.165) is 23.4 Å². The van der Waals surface area contributed by atoms with Gasteiger partial charge in [-0.25, -0.2) is 14.6 Å². The number of anilines is 2. The summed E-state index contributed by atoms with van der Waals surface area (Å²) in [6.07, 6.45) is 9.51. The van der Waals surface area contributed by atoms with Gasteiger partial charge in [0.2, 0.25) is 23.6 Å². The molecule has 0 aliphatic carbocycles. The van der Waals surface area contributed by atoms with Crippen molar-refractivity contribution in [3.05, 3.63) is 94.3 Å². The number of aromatic nitrogens is 1. The standard InChI is InChI=1S/C53H66N12O11/c1-4-20-63(21-5-2)51(72)35-24-34-26-43(75-3)39(28-42(34)61-44(54)27-35)49(70)60-38-25-36-31-64(23-18-40(36)57-29-38)53(74)76-32-33-12-14-37(15-13-33)59-50(71)41(10-9-19-56-52(55)73)62-46(67)30-58-45(66)11-7-6-8-22-65-47(68)16-17-48(65)69/h12-17,24-26,28-29,41H,4-11,18-23,27,30-32H2,1-3H3,(H2,54,61)(H,58,66)(H,59,71)(H,60,70)(H,62,67)(H3,55,56,73). The molecular formula is C53H66N12O11. The second-order valence-corrected chi connectivity index (χ2v) is 18.4. The molecule has 404 valence electrons. The number of urea groups is 1. The number of nitrogens with one attached hydrogen (secondary N) is 5. The van der Waals surface area contributed by atoms with Gasteiger partial charge in [-0.3, -0.25) is 43.4 Å². The molecule has 76 heavy (non-hydrogen) atoms. The lowest BCUT2D eigenvalue weighted by atomic mass is 10.0. The van der Waals surface area contributed by atoms with Crippen LogP contribution in [-0.2, 0) is 53.1 Å². The summed E-state index contributed by atoms with van der Waals surface area (Å²) in [5.41, 5.74) is 16.0. The molecule has 1 aromatic heterocycles. The number of amidine groups is 1. The fourth-order valence-corrected chi connectivity index (χ4v) is 8.65. The molecule has 0 radical (unpaired) electrons. The Balaban J connectivity index is 0.983. The number of benzene rings is 2. The van der Waals surface area contributed by atoms with Crippen LogP contribution in [0.5, 0.6) is 5.75 Å². The monoisotopic (exact) mass is 1050 g/mol. The molecule has 3 aliphatic heterocycles. The Morgan fingerprint density at radius 1 is 0.868 bits per heavy atom. The maximum absolute atomic E-state index is 13.8. The maximum Gasteiger partial charge on any atom is 0.410 e. The zero-order chi connectivity index (χ0) is 54.7. The number of rotatable bonds is 25. The van der Waals surface area contributed by atoms with Gasteiger partial charge in [0.1, 0.15) is 24.2 Å². The Labute approximate surface area is 440 Å². The van der Waals surface area contributed by atoms with Gasteiger partial charge in [-0.05, 0) is 86.1 Å². The summed E-state index contributed by atoms with van der Waals surface area (Å²) in [7, 11) is 1.45. The van der Waals surface area contributed by atoms with E-state index < -0.39 is 35.9 Å². The molecule has 0 bridgehead atoms. The predicted molar refractivity (Wildman–Crippen MR) is 282 cm³/mol. The molecule has 9 N–H and O–H groups in total. The van der Waals surface area contributed by atoms with Gasteiger partial charge in [-0.1, -0.05) is 32.4 Å². The number of imide groups is 1. The molecule has 0 spiro atoms. The number of primary amides is 1. The summed E-state index contributed by atoms with van der Waals surface area (Å²) in [6, 6.07) is 9.76. The van der Waals surface area contributed by atoms with Gasteiger partial charge in [-0.15, -0.1) is 0 Å². The summed E-state index contributed by atoms with van der Waals surface area (Å²) < 4.78 is 11.3. The summed E-state index contributed by atoms with van der Waals surface area (Å²) in [5.74, 6) is -2.38. The first kappa shape index (κ1) is 56.7. The Bertz CT molecular complexity index is 2750. The molecule has 23 heteroatoms. The van der Waals surface area contributed by atoms with Crippen LogP contribution in [0.2, 0.25) is 0 Å². The Morgan fingerprint density at radius 2 is 1.61 bits per heavy atom. The van der Waals surface area contributed by atoms with Crippen molar-refractivity contribution >= 4 is 82.4 Å².